The van der Waals surface area contributed by atoms with Gasteiger partial charge in [-0.1, -0.05) is 12.1 Å². The Kier molecular flexibility index (Phi) is 9.45. The van der Waals surface area contributed by atoms with E-state index in [0.717, 1.165) is 60.7 Å². The zero-order valence-electron chi connectivity index (χ0n) is 34.1. The van der Waals surface area contributed by atoms with Crippen LogP contribution in [-0.2, 0) is 10.6 Å². The van der Waals surface area contributed by atoms with E-state index in [2.05, 4.69) is 0 Å². The van der Waals surface area contributed by atoms with Gasteiger partial charge in [0.15, 0.2) is 46.7 Å². The van der Waals surface area contributed by atoms with Crippen LogP contribution in [0.1, 0.15) is 80.9 Å². The predicted octanol–water partition coefficient (Wildman–Crippen LogP) is 4.26. The third kappa shape index (κ3) is 6.28. The van der Waals surface area contributed by atoms with Crippen LogP contribution in [0.2, 0.25) is 0 Å². The highest BCUT2D eigenvalue weighted by molar-refractivity contribution is 5.74. The van der Waals surface area contributed by atoms with Crippen molar-refractivity contribution in [2.45, 2.75) is 60.5 Å². The first-order valence-electron chi connectivity index (χ1n) is 20.4. The monoisotopic (exact) mass is 922 g/mol. The molecule has 0 amide bonds. The largest absolute Gasteiger partial charge is 0.508 e. The molecule has 10 rings (SSSR count). The van der Waals surface area contributed by atoms with Crippen molar-refractivity contribution in [3.8, 4) is 86.2 Å². The van der Waals surface area contributed by atoms with Crippen LogP contribution in [0.15, 0.2) is 78.9 Å². The third-order valence-electron chi connectivity index (χ3n) is 12.9. The van der Waals surface area contributed by atoms with Crippen molar-refractivity contribution in [1.82, 2.24) is 0 Å². The highest BCUT2D eigenvalue weighted by Crippen LogP contribution is 2.66. The highest BCUT2D eigenvalue weighted by Gasteiger charge is 2.61. The van der Waals surface area contributed by atoms with E-state index in [1.165, 1.54) is 18.2 Å². The fraction of sp³-hybridized carbons (Fsp3) is 0.213. The van der Waals surface area contributed by atoms with Gasteiger partial charge in [0.05, 0.1) is 18.3 Å². The molecule has 0 saturated carbocycles. The van der Waals surface area contributed by atoms with Gasteiger partial charge in [-0.25, -0.2) is 0 Å². The molecule has 0 aliphatic carbocycles. The molecule has 0 radical (unpaired) electrons. The lowest BCUT2D eigenvalue weighted by Crippen LogP contribution is -2.57. The van der Waals surface area contributed by atoms with Crippen molar-refractivity contribution < 1.29 is 100 Å². The molecule has 4 aliphatic rings. The minimum Gasteiger partial charge on any atom is -0.508 e. The van der Waals surface area contributed by atoms with Gasteiger partial charge >= 0.3 is 11.8 Å². The van der Waals surface area contributed by atoms with E-state index < -0.39 is 147 Å². The Bertz CT molecular complexity index is 3080. The number of rotatable bonds is 6. The van der Waals surface area contributed by atoms with Crippen molar-refractivity contribution in [2.75, 3.05) is 0 Å². The summed E-state index contributed by atoms with van der Waals surface area (Å²) in [7, 11) is 0. The average Bonchev–Trinajstić information content (AvgIpc) is 3.25. The molecule has 20 nitrogen and oxygen atoms in total. The number of hydrogen-bond donors (Lipinski definition) is 15. The lowest BCUT2D eigenvalue weighted by Gasteiger charge is -2.51. The number of carboxylic acids is 1. The van der Waals surface area contributed by atoms with E-state index in [4.69, 9.17) is 18.9 Å². The van der Waals surface area contributed by atoms with Gasteiger partial charge in [-0.3, -0.25) is 4.79 Å². The molecule has 15 N–H and O–H groups in total. The molecule has 0 spiro atoms. The molecule has 6 aromatic rings. The quantitative estimate of drug-likeness (QED) is 0.104. The Balaban J connectivity index is 1.27. The Morgan fingerprint density at radius 1 is 0.478 bits per heavy atom. The van der Waals surface area contributed by atoms with Gasteiger partial charge in [0, 0.05) is 63.6 Å². The second kappa shape index (κ2) is 14.9. The summed E-state index contributed by atoms with van der Waals surface area (Å²) >= 11 is 0. The van der Waals surface area contributed by atoms with Crippen LogP contribution >= 0.6 is 0 Å². The van der Waals surface area contributed by atoms with Crippen molar-refractivity contribution in [3.05, 3.63) is 123 Å². The van der Waals surface area contributed by atoms with Crippen LogP contribution < -0.4 is 18.9 Å². The molecule has 67 heavy (non-hydrogen) atoms. The summed E-state index contributed by atoms with van der Waals surface area (Å²) in [6.45, 7) is 0. The molecule has 0 aromatic heterocycles. The fourth-order valence-corrected chi connectivity index (χ4v) is 9.89. The standard InChI is InChI=1S/C47H38O20/c48-18-10-26(55)34-30(11-18)66-47(17-3-6-22(51)25(54)9-17)46(63)39(34)37-31(67-47)14-29(58)36-38(41(62)43(65-45(36)37)16-2-5-21(50)24(53)8-16)35-28(57)13-27(56)33-19(12-32(59)60)40(61)42(64-44(33)35)15-1-4-20(49)23(52)7-15/h1-11,13-14,19,38-43,46,48-58,61-63H,12H2,(H,59,60)/t19-,38-,39+,40+,41+,42-,43+,46+,47-/m0/s1. The van der Waals surface area contributed by atoms with Gasteiger partial charge in [-0.2, -0.15) is 0 Å². The SMILES string of the molecule is O=C(O)C[C@H]1c2c(O)cc(O)c([C@H]3c4c(O)cc5c(c4O[C@H](c4ccc(O)c(O)c4)[C@@H]3O)[C@H]3c4c(O)cc(O)cc4O[C@@](c4ccc(O)c(O)c4)(O5)[C@@H]3O)c2O[C@@H](c2ccc(O)c(O)c2)[C@@H]1O. The van der Waals surface area contributed by atoms with E-state index >= 15 is 0 Å². The van der Waals surface area contributed by atoms with Gasteiger partial charge in [0.2, 0.25) is 0 Å². The van der Waals surface area contributed by atoms with Crippen molar-refractivity contribution in [1.29, 1.82) is 0 Å². The second-order valence-corrected chi connectivity index (χ2v) is 16.7. The van der Waals surface area contributed by atoms with Crippen molar-refractivity contribution in [3.63, 3.8) is 0 Å². The molecule has 2 bridgehead atoms. The molecular formula is C47H38O20. The minimum atomic E-state index is -2.37. The van der Waals surface area contributed by atoms with Crippen LogP contribution in [0, 0.1) is 0 Å². The number of hydrogen-bond acceptors (Lipinski definition) is 19. The third-order valence-corrected chi connectivity index (χ3v) is 12.9. The molecule has 4 heterocycles. The molecule has 346 valence electrons. The number of benzene rings is 6. The molecule has 20 heteroatoms. The zero-order valence-corrected chi connectivity index (χ0v) is 34.1. The maximum atomic E-state index is 12.7. The molecule has 9 atom stereocenters. The van der Waals surface area contributed by atoms with Crippen LogP contribution in [0.3, 0.4) is 0 Å². The number of aliphatic hydroxyl groups excluding tert-OH is 3. The first kappa shape index (κ1) is 42.6. The number of fused-ring (bicyclic) bond motifs is 9. The smallest absolute Gasteiger partial charge is 0.305 e. The van der Waals surface area contributed by atoms with Crippen LogP contribution in [0.5, 0.6) is 86.2 Å². The topological polar surface area (TPSA) is 357 Å². The molecule has 0 unspecified atom stereocenters. The first-order valence-corrected chi connectivity index (χ1v) is 20.4. The second-order valence-electron chi connectivity index (χ2n) is 16.7. The number of carboxylic acid groups (broad SMARTS) is 1. The first-order chi connectivity index (χ1) is 31.8. The number of carbonyl (C=O) groups is 1. The summed E-state index contributed by atoms with van der Waals surface area (Å²) in [6.07, 6.45) is -9.84. The fourth-order valence-electron chi connectivity index (χ4n) is 9.89. The minimum absolute atomic E-state index is 0.0134. The van der Waals surface area contributed by atoms with Gasteiger partial charge in [0.25, 0.3) is 0 Å². The van der Waals surface area contributed by atoms with E-state index in [0.29, 0.717) is 0 Å². The summed E-state index contributed by atoms with van der Waals surface area (Å²) in [6, 6.07) is 14.0. The highest BCUT2D eigenvalue weighted by atomic mass is 16.7. The molecule has 0 fully saturated rings. The van der Waals surface area contributed by atoms with Gasteiger partial charge in [-0.05, 0) is 53.6 Å². The number of aliphatic hydroxyl groups is 3. The molecule has 4 aliphatic heterocycles. The predicted molar refractivity (Wildman–Crippen MR) is 223 cm³/mol. The van der Waals surface area contributed by atoms with E-state index in [-0.39, 0.29) is 50.4 Å². The Labute approximate surface area is 375 Å². The van der Waals surface area contributed by atoms with Crippen LogP contribution in [-0.4, -0.2) is 101 Å². The Morgan fingerprint density at radius 2 is 0.970 bits per heavy atom. The maximum Gasteiger partial charge on any atom is 0.305 e. The number of phenolic OH excluding ortho intramolecular Hbond substituents is 11. The van der Waals surface area contributed by atoms with E-state index in [1.54, 1.807) is 0 Å². The average molecular weight is 923 g/mol. The van der Waals surface area contributed by atoms with E-state index in [1.807, 2.05) is 0 Å². The van der Waals surface area contributed by atoms with Gasteiger partial charge in [0.1, 0.15) is 70.1 Å². The van der Waals surface area contributed by atoms with Crippen LogP contribution in [0.4, 0.5) is 0 Å². The Morgan fingerprint density at radius 3 is 1.54 bits per heavy atom. The lowest BCUT2D eigenvalue weighted by atomic mass is 9.71. The maximum absolute atomic E-state index is 12.7. The normalized spacial score (nSPS) is 25.4. The summed E-state index contributed by atoms with van der Waals surface area (Å²) in [5.41, 5.74) is -1.63. The van der Waals surface area contributed by atoms with Gasteiger partial charge in [-0.15, -0.1) is 0 Å². The van der Waals surface area contributed by atoms with Crippen molar-refractivity contribution >= 4 is 5.97 Å². The number of phenols is 11. The summed E-state index contributed by atoms with van der Waals surface area (Å²) in [5, 5.41) is 167. The van der Waals surface area contributed by atoms with Gasteiger partial charge < -0.3 is 95.5 Å². The number of ether oxygens (including phenoxy) is 4. The molecule has 6 aromatic carbocycles. The summed E-state index contributed by atoms with van der Waals surface area (Å²) in [4.78, 5) is 12.4. The lowest BCUT2D eigenvalue weighted by molar-refractivity contribution is -0.219. The van der Waals surface area contributed by atoms with Crippen molar-refractivity contribution in [2.24, 2.45) is 0 Å². The summed E-state index contributed by atoms with van der Waals surface area (Å²) in [5.74, 6) is -17.2. The Hall–Kier alpha value is -8.33. The van der Waals surface area contributed by atoms with Crippen LogP contribution in [0.25, 0.3) is 0 Å². The number of aromatic hydroxyl groups is 11. The van der Waals surface area contributed by atoms with E-state index in [9.17, 15) is 81.4 Å². The zero-order chi connectivity index (χ0) is 47.7. The number of aliphatic carboxylic acids is 1. The summed E-state index contributed by atoms with van der Waals surface area (Å²) < 4.78 is 25.6. The molecule has 0 saturated heterocycles. The molecular weight excluding hydrogens is 884 g/mol.